The van der Waals surface area contributed by atoms with Crippen LogP contribution >= 0.6 is 0 Å². The highest BCUT2D eigenvalue weighted by Gasteiger charge is 2.03. The minimum atomic E-state index is -0.123. The monoisotopic (exact) mass is 663 g/mol. The predicted octanol–water partition coefficient (Wildman–Crippen LogP) is 8.10. The first-order chi connectivity index (χ1) is 22.8. The Bertz CT molecular complexity index is 565. The summed E-state index contributed by atoms with van der Waals surface area (Å²) in [5.74, 6) is -0.123. The van der Waals surface area contributed by atoms with E-state index in [2.05, 4.69) is 13.8 Å². The largest absolute Gasteiger partial charge is 0.463 e. The summed E-state index contributed by atoms with van der Waals surface area (Å²) in [6.45, 7) is 12.5. The molecule has 0 saturated carbocycles. The molecule has 0 aromatic carbocycles. The van der Waals surface area contributed by atoms with E-state index in [1.807, 2.05) is 0 Å². The van der Waals surface area contributed by atoms with Crippen molar-refractivity contribution in [2.24, 2.45) is 0 Å². The molecule has 0 amide bonds. The van der Waals surface area contributed by atoms with Crippen molar-refractivity contribution in [3.63, 3.8) is 0 Å². The highest BCUT2D eigenvalue weighted by Crippen LogP contribution is 2.13. The van der Waals surface area contributed by atoms with Crippen LogP contribution in [0.15, 0.2) is 0 Å². The van der Waals surface area contributed by atoms with Gasteiger partial charge in [0, 0.05) is 13.0 Å². The van der Waals surface area contributed by atoms with Crippen LogP contribution < -0.4 is 0 Å². The lowest BCUT2D eigenvalue weighted by molar-refractivity contribution is -0.145. The molecule has 0 rings (SSSR count). The number of carbonyl (C=O) groups excluding carboxylic acids is 1. The minimum absolute atomic E-state index is 0.123. The molecule has 0 N–H and O–H groups in total. The van der Waals surface area contributed by atoms with Gasteiger partial charge in [0.05, 0.1) is 85.9 Å². The number of carbonyl (C=O) groups is 1. The van der Waals surface area contributed by atoms with Gasteiger partial charge in [-0.05, 0) is 12.8 Å². The van der Waals surface area contributed by atoms with E-state index in [0.717, 1.165) is 25.9 Å². The lowest BCUT2D eigenvalue weighted by Gasteiger charge is -2.09. The molecule has 0 fully saturated rings. The van der Waals surface area contributed by atoms with Crippen molar-refractivity contribution in [3.8, 4) is 0 Å². The molecular weight excluding hydrogens is 588 g/mol. The van der Waals surface area contributed by atoms with E-state index in [1.165, 1.54) is 96.3 Å². The maximum atomic E-state index is 11.8. The van der Waals surface area contributed by atoms with Crippen LogP contribution in [-0.4, -0.2) is 105 Å². The zero-order valence-corrected chi connectivity index (χ0v) is 30.2. The van der Waals surface area contributed by atoms with Gasteiger partial charge in [-0.15, -0.1) is 0 Å². The Morgan fingerprint density at radius 1 is 0.304 bits per heavy atom. The molecule has 0 aromatic heterocycles. The first-order valence-corrected chi connectivity index (χ1v) is 19.0. The Hall–Kier alpha value is -0.810. The fourth-order valence-electron chi connectivity index (χ4n) is 4.80. The lowest BCUT2D eigenvalue weighted by atomic mass is 10.0. The van der Waals surface area contributed by atoms with Crippen LogP contribution in [0.5, 0.6) is 0 Å². The van der Waals surface area contributed by atoms with Crippen molar-refractivity contribution < 1.29 is 42.7 Å². The first kappa shape index (κ1) is 45.2. The third-order valence-corrected chi connectivity index (χ3v) is 7.60. The molecular formula is C37H74O9. The van der Waals surface area contributed by atoms with E-state index in [1.54, 1.807) is 0 Å². The minimum Gasteiger partial charge on any atom is -0.463 e. The van der Waals surface area contributed by atoms with E-state index < -0.39 is 0 Å². The molecule has 0 aliphatic rings. The molecule has 0 bridgehead atoms. The van der Waals surface area contributed by atoms with Crippen LogP contribution in [0.4, 0.5) is 0 Å². The number of rotatable bonds is 41. The second kappa shape index (κ2) is 42.2. The molecule has 46 heavy (non-hydrogen) atoms. The molecule has 0 heterocycles. The van der Waals surface area contributed by atoms with Crippen molar-refractivity contribution in [2.75, 3.05) is 99.1 Å². The maximum Gasteiger partial charge on any atom is 0.305 e. The molecule has 0 aliphatic carbocycles. The molecule has 0 saturated heterocycles. The predicted molar refractivity (Wildman–Crippen MR) is 186 cm³/mol. The summed E-state index contributed by atoms with van der Waals surface area (Å²) in [6.07, 6.45) is 23.7. The van der Waals surface area contributed by atoms with Gasteiger partial charge in [-0.2, -0.15) is 0 Å². The smallest absolute Gasteiger partial charge is 0.305 e. The average molecular weight is 663 g/mol. The van der Waals surface area contributed by atoms with Crippen LogP contribution in [0.1, 0.15) is 136 Å². The van der Waals surface area contributed by atoms with Gasteiger partial charge in [0.15, 0.2) is 0 Å². The standard InChI is InChI=1S/C37H74O9/c1-3-5-7-9-10-11-12-13-14-15-16-17-19-21-37(38)46-36-35-45-34-33-44-32-31-43-30-29-42-28-27-41-26-25-40-24-23-39-22-20-18-8-6-4-2/h3-36H2,1-2H3. The Balaban J connectivity index is 3.12. The quantitative estimate of drug-likeness (QED) is 0.0476. The van der Waals surface area contributed by atoms with E-state index in [-0.39, 0.29) is 5.97 Å². The van der Waals surface area contributed by atoms with Crippen LogP contribution in [0.25, 0.3) is 0 Å². The lowest BCUT2D eigenvalue weighted by Crippen LogP contribution is -2.15. The highest BCUT2D eigenvalue weighted by atomic mass is 16.6. The second-order valence-corrected chi connectivity index (χ2v) is 11.9. The fraction of sp³-hybridized carbons (Fsp3) is 0.973. The molecule has 0 spiro atoms. The summed E-state index contributed by atoms with van der Waals surface area (Å²) < 4.78 is 43.8. The average Bonchev–Trinajstić information content (AvgIpc) is 3.06. The highest BCUT2D eigenvalue weighted by molar-refractivity contribution is 5.69. The number of unbranched alkanes of at least 4 members (excludes halogenated alkanes) is 16. The van der Waals surface area contributed by atoms with Crippen molar-refractivity contribution in [3.05, 3.63) is 0 Å². The molecule has 0 aliphatic heterocycles. The number of hydrogen-bond donors (Lipinski definition) is 0. The van der Waals surface area contributed by atoms with E-state index >= 15 is 0 Å². The number of ether oxygens (including phenoxy) is 8. The third-order valence-electron chi connectivity index (χ3n) is 7.60. The summed E-state index contributed by atoms with van der Waals surface area (Å²) in [5, 5.41) is 0. The first-order valence-electron chi connectivity index (χ1n) is 19.0. The summed E-state index contributed by atoms with van der Waals surface area (Å²) in [5.41, 5.74) is 0. The summed E-state index contributed by atoms with van der Waals surface area (Å²) in [6, 6.07) is 0. The van der Waals surface area contributed by atoms with E-state index in [9.17, 15) is 4.79 Å². The Morgan fingerprint density at radius 2 is 0.565 bits per heavy atom. The van der Waals surface area contributed by atoms with Gasteiger partial charge < -0.3 is 37.9 Å². The van der Waals surface area contributed by atoms with Crippen molar-refractivity contribution in [2.45, 2.75) is 136 Å². The van der Waals surface area contributed by atoms with Crippen molar-refractivity contribution in [1.29, 1.82) is 0 Å². The van der Waals surface area contributed by atoms with Gasteiger partial charge in [-0.25, -0.2) is 0 Å². The molecule has 0 atom stereocenters. The molecule has 9 heteroatoms. The maximum absolute atomic E-state index is 11.8. The zero-order chi connectivity index (χ0) is 33.3. The van der Waals surface area contributed by atoms with Crippen LogP contribution in [0, 0.1) is 0 Å². The molecule has 276 valence electrons. The van der Waals surface area contributed by atoms with Gasteiger partial charge in [-0.3, -0.25) is 4.79 Å². The van der Waals surface area contributed by atoms with Gasteiger partial charge in [-0.1, -0.05) is 117 Å². The van der Waals surface area contributed by atoms with Gasteiger partial charge in [0.2, 0.25) is 0 Å². The fourth-order valence-corrected chi connectivity index (χ4v) is 4.80. The van der Waals surface area contributed by atoms with Gasteiger partial charge >= 0.3 is 5.97 Å². The second-order valence-electron chi connectivity index (χ2n) is 11.9. The summed E-state index contributed by atoms with van der Waals surface area (Å²) in [4.78, 5) is 11.8. The summed E-state index contributed by atoms with van der Waals surface area (Å²) >= 11 is 0. The third kappa shape index (κ3) is 41.2. The molecule has 0 unspecified atom stereocenters. The van der Waals surface area contributed by atoms with Crippen LogP contribution in [-0.2, 0) is 42.7 Å². The van der Waals surface area contributed by atoms with Gasteiger partial charge in [0.1, 0.15) is 6.61 Å². The summed E-state index contributed by atoms with van der Waals surface area (Å²) in [7, 11) is 0. The normalized spacial score (nSPS) is 11.4. The SMILES string of the molecule is CCCCCCCCCCCCCCCC(=O)OCCOCCOCCOCCOCCOCCOCCOCCCCCCC. The van der Waals surface area contributed by atoms with Crippen LogP contribution in [0.2, 0.25) is 0 Å². The van der Waals surface area contributed by atoms with Crippen molar-refractivity contribution >= 4 is 5.97 Å². The van der Waals surface area contributed by atoms with Crippen molar-refractivity contribution in [1.82, 2.24) is 0 Å². The Kier molecular flexibility index (Phi) is 41.5. The van der Waals surface area contributed by atoms with Gasteiger partial charge in [0.25, 0.3) is 0 Å². The van der Waals surface area contributed by atoms with E-state index in [0.29, 0.717) is 98.9 Å². The molecule has 0 radical (unpaired) electrons. The Labute approximate surface area is 283 Å². The van der Waals surface area contributed by atoms with E-state index in [4.69, 9.17) is 37.9 Å². The molecule has 9 nitrogen and oxygen atoms in total. The van der Waals surface area contributed by atoms with Crippen LogP contribution in [0.3, 0.4) is 0 Å². The topological polar surface area (TPSA) is 90.9 Å². The zero-order valence-electron chi connectivity index (χ0n) is 30.2. The Morgan fingerprint density at radius 3 is 0.913 bits per heavy atom. The number of esters is 1. The molecule has 0 aromatic rings. The number of hydrogen-bond acceptors (Lipinski definition) is 9.